The van der Waals surface area contributed by atoms with Gasteiger partial charge in [-0.2, -0.15) is 0 Å². The van der Waals surface area contributed by atoms with Gasteiger partial charge >= 0.3 is 0 Å². The molecule has 1 aliphatic rings. The maximum atomic E-state index is 9.48. The Morgan fingerprint density at radius 2 is 1.79 bits per heavy atom. The molecule has 0 amide bonds. The van der Waals surface area contributed by atoms with E-state index >= 15 is 0 Å². The zero-order valence-corrected chi connectivity index (χ0v) is 7.91. The maximum Gasteiger partial charge on any atom is 0.0994 e. The Kier molecular flexibility index (Phi) is 3.82. The van der Waals surface area contributed by atoms with Gasteiger partial charge in [0.2, 0.25) is 0 Å². The van der Waals surface area contributed by atoms with Crippen LogP contribution in [0.15, 0.2) is 0 Å². The third-order valence-corrected chi connectivity index (χ3v) is 2.60. The zero-order valence-electron chi connectivity index (χ0n) is 7.91. The Morgan fingerprint density at radius 3 is 2.14 bits per heavy atom. The minimum atomic E-state index is -1.18. The molecule has 1 saturated heterocycles. The Balaban J connectivity index is 2.64. The van der Waals surface area contributed by atoms with Gasteiger partial charge in [-0.3, -0.25) is 0 Å². The predicted octanol–water partition coefficient (Wildman–Crippen LogP) is -3.22. The number of hydrogen-bond acceptors (Lipinski definition) is 6. The molecule has 0 radical (unpaired) electrons. The molecule has 1 rings (SSSR count). The Morgan fingerprint density at radius 1 is 1.21 bits per heavy atom. The molecule has 6 nitrogen and oxygen atoms in total. The molecule has 14 heavy (non-hydrogen) atoms. The fourth-order valence-corrected chi connectivity index (χ4v) is 1.66. The van der Waals surface area contributed by atoms with Crippen LogP contribution in [0, 0.1) is 0 Å². The largest absolute Gasteiger partial charge is 0.395 e. The summed E-state index contributed by atoms with van der Waals surface area (Å²) in [5.41, 5.74) is 0. The number of aliphatic hydroxyl groups is 5. The van der Waals surface area contributed by atoms with Crippen LogP contribution in [0.1, 0.15) is 6.92 Å². The molecule has 6 heteroatoms. The van der Waals surface area contributed by atoms with Crippen LogP contribution in [0.25, 0.3) is 0 Å². The first-order chi connectivity index (χ1) is 6.49. The summed E-state index contributed by atoms with van der Waals surface area (Å²) in [6.07, 6.45) is -4.49. The van der Waals surface area contributed by atoms with Gasteiger partial charge in [-0.15, -0.1) is 0 Å². The maximum absolute atomic E-state index is 9.48. The molecule has 1 aliphatic heterocycles. The van der Waals surface area contributed by atoms with Crippen LogP contribution in [-0.4, -0.2) is 68.6 Å². The van der Waals surface area contributed by atoms with Gasteiger partial charge in [-0.05, 0) is 6.92 Å². The van der Waals surface area contributed by atoms with Crippen molar-refractivity contribution in [3.63, 3.8) is 0 Å². The molecule has 6 atom stereocenters. The third kappa shape index (κ3) is 2.05. The van der Waals surface area contributed by atoms with Crippen LogP contribution in [0.4, 0.5) is 0 Å². The summed E-state index contributed by atoms with van der Waals surface area (Å²) < 4.78 is 0. The molecule has 0 saturated carbocycles. The van der Waals surface area contributed by atoms with E-state index in [0.29, 0.717) is 0 Å². The van der Waals surface area contributed by atoms with Crippen LogP contribution in [0.5, 0.6) is 0 Å². The van der Waals surface area contributed by atoms with Crippen LogP contribution in [0.3, 0.4) is 0 Å². The first-order valence-corrected chi connectivity index (χ1v) is 4.58. The van der Waals surface area contributed by atoms with Gasteiger partial charge in [0, 0.05) is 0 Å². The van der Waals surface area contributed by atoms with Gasteiger partial charge in [-0.1, -0.05) is 0 Å². The Labute approximate surface area is 81.8 Å². The van der Waals surface area contributed by atoms with Crippen molar-refractivity contribution >= 4 is 0 Å². The second kappa shape index (κ2) is 4.52. The van der Waals surface area contributed by atoms with E-state index in [1.54, 1.807) is 0 Å². The minimum absolute atomic E-state index is 0.332. The molecule has 0 aromatic carbocycles. The number of aliphatic hydroxyl groups excluding tert-OH is 5. The first-order valence-electron chi connectivity index (χ1n) is 4.58. The summed E-state index contributed by atoms with van der Waals surface area (Å²) in [5, 5.41) is 48.9. The molecule has 0 aromatic rings. The Bertz CT molecular complexity index is 189. The van der Waals surface area contributed by atoms with E-state index in [9.17, 15) is 15.3 Å². The molecule has 84 valence electrons. The Hall–Kier alpha value is -0.240. The van der Waals surface area contributed by atoms with Gasteiger partial charge < -0.3 is 30.8 Å². The first kappa shape index (κ1) is 11.8. The van der Waals surface area contributed by atoms with Crippen LogP contribution < -0.4 is 5.32 Å². The van der Waals surface area contributed by atoms with Crippen LogP contribution in [-0.2, 0) is 0 Å². The monoisotopic (exact) mass is 207 g/mol. The van der Waals surface area contributed by atoms with E-state index < -0.39 is 36.5 Å². The second-order valence-corrected chi connectivity index (χ2v) is 3.69. The molecule has 0 bridgehead atoms. The highest BCUT2D eigenvalue weighted by atomic mass is 16.4. The normalized spacial score (nSPS) is 42.4. The average Bonchev–Trinajstić information content (AvgIpc) is 2.43. The highest BCUT2D eigenvalue weighted by Crippen LogP contribution is 2.18. The van der Waals surface area contributed by atoms with Gasteiger partial charge in [0.25, 0.3) is 0 Å². The van der Waals surface area contributed by atoms with E-state index in [1.807, 2.05) is 0 Å². The van der Waals surface area contributed by atoms with Crippen molar-refractivity contribution in [2.75, 3.05) is 6.61 Å². The highest BCUT2D eigenvalue weighted by molar-refractivity contribution is 5.01. The summed E-state index contributed by atoms with van der Waals surface area (Å²) in [5.74, 6) is 0. The molecule has 0 aliphatic carbocycles. The summed E-state index contributed by atoms with van der Waals surface area (Å²) in [4.78, 5) is 0. The van der Waals surface area contributed by atoms with Crippen molar-refractivity contribution in [1.29, 1.82) is 0 Å². The number of rotatable bonds is 3. The van der Waals surface area contributed by atoms with Gasteiger partial charge in [0.1, 0.15) is 0 Å². The molecule has 0 aromatic heterocycles. The lowest BCUT2D eigenvalue weighted by atomic mass is 10.0. The third-order valence-electron chi connectivity index (χ3n) is 2.60. The zero-order chi connectivity index (χ0) is 10.9. The van der Waals surface area contributed by atoms with E-state index in [0.717, 1.165) is 0 Å². The lowest BCUT2D eigenvalue weighted by Gasteiger charge is -2.24. The molecular formula is C8H17NO5. The van der Waals surface area contributed by atoms with E-state index in [4.69, 9.17) is 10.2 Å². The summed E-state index contributed by atoms with van der Waals surface area (Å²) in [6.45, 7) is 1.05. The van der Waals surface area contributed by atoms with Crippen LogP contribution >= 0.6 is 0 Å². The fraction of sp³-hybridized carbons (Fsp3) is 1.00. The second-order valence-electron chi connectivity index (χ2n) is 3.69. The van der Waals surface area contributed by atoms with Crippen molar-refractivity contribution in [2.45, 2.75) is 43.4 Å². The quantitative estimate of drug-likeness (QED) is 0.290. The number of hydrogen-bond donors (Lipinski definition) is 6. The standard InChI is InChI=1S/C8H17NO5/c1-3(11)6(12)5-8(14)7(13)4(2-10)9-5/h3-14H,2H2,1H3/t3?,4-,5-,6?,7-,8-/m1/s1. The SMILES string of the molecule is CC(O)C(O)[C@H]1N[C@H](CO)[C@@H](O)[C@@H]1O. The van der Waals surface area contributed by atoms with Crippen molar-refractivity contribution in [1.82, 2.24) is 5.32 Å². The lowest BCUT2D eigenvalue weighted by molar-refractivity contribution is -0.0384. The number of nitrogens with one attached hydrogen (secondary N) is 1. The molecular weight excluding hydrogens is 190 g/mol. The van der Waals surface area contributed by atoms with Crippen molar-refractivity contribution in [3.05, 3.63) is 0 Å². The van der Waals surface area contributed by atoms with Gasteiger partial charge in [0.05, 0.1) is 43.1 Å². The van der Waals surface area contributed by atoms with E-state index in [2.05, 4.69) is 5.32 Å². The summed E-state index contributed by atoms with van der Waals surface area (Å²) in [7, 11) is 0. The molecule has 0 spiro atoms. The van der Waals surface area contributed by atoms with Crippen molar-refractivity contribution in [2.24, 2.45) is 0 Å². The van der Waals surface area contributed by atoms with Crippen molar-refractivity contribution < 1.29 is 25.5 Å². The minimum Gasteiger partial charge on any atom is -0.395 e. The topological polar surface area (TPSA) is 113 Å². The van der Waals surface area contributed by atoms with Crippen LogP contribution in [0.2, 0.25) is 0 Å². The molecule has 1 heterocycles. The lowest BCUT2D eigenvalue weighted by Crippen LogP contribution is -2.48. The predicted molar refractivity (Wildman–Crippen MR) is 47.5 cm³/mol. The van der Waals surface area contributed by atoms with Crippen molar-refractivity contribution in [3.8, 4) is 0 Å². The summed E-state index contributed by atoms with van der Waals surface area (Å²) >= 11 is 0. The van der Waals surface area contributed by atoms with E-state index in [-0.39, 0.29) is 6.61 Å². The highest BCUT2D eigenvalue weighted by Gasteiger charge is 2.44. The van der Waals surface area contributed by atoms with Gasteiger partial charge in [-0.25, -0.2) is 0 Å². The fourth-order valence-electron chi connectivity index (χ4n) is 1.66. The average molecular weight is 207 g/mol. The summed E-state index contributed by atoms with van der Waals surface area (Å²) in [6, 6.07) is -1.48. The van der Waals surface area contributed by atoms with E-state index in [1.165, 1.54) is 6.92 Å². The smallest absolute Gasteiger partial charge is 0.0994 e. The van der Waals surface area contributed by atoms with Gasteiger partial charge in [0.15, 0.2) is 0 Å². The molecule has 6 N–H and O–H groups in total. The molecule has 2 unspecified atom stereocenters. The molecule has 1 fully saturated rings.